The van der Waals surface area contributed by atoms with Gasteiger partial charge in [0.05, 0.1) is 6.61 Å². The van der Waals surface area contributed by atoms with Crippen LogP contribution < -0.4 is 5.32 Å². The molecular weight excluding hydrogens is 498 g/mol. The molecule has 0 rings (SSSR count). The maximum atomic E-state index is 12.5. The Bertz CT molecular complexity index is 523. The number of ether oxygens (including phenoxy) is 2. The number of nitrogens with one attached hydrogen (secondary N) is 1. The van der Waals surface area contributed by atoms with E-state index in [1.165, 1.54) is 116 Å². The summed E-state index contributed by atoms with van der Waals surface area (Å²) in [6, 6.07) is 0. The second-order valence-corrected chi connectivity index (χ2v) is 11.8. The van der Waals surface area contributed by atoms with E-state index in [0.29, 0.717) is 19.4 Å². The predicted octanol–water partition coefficient (Wildman–Crippen LogP) is 10.2. The molecule has 0 unspecified atom stereocenters. The van der Waals surface area contributed by atoms with E-state index >= 15 is 0 Å². The standard InChI is InChI=1S/C35H69NO4/c1-4-7-9-11-15-21-27-33(28-22-16-12-10-8-5-2)40-35(38)30-24-18-14-20-26-32-36-31-25-19-13-17-23-29-34(37)39-6-3/h33,36H,4-32H2,1-3H3. The maximum absolute atomic E-state index is 12.5. The second-order valence-electron chi connectivity index (χ2n) is 11.8. The van der Waals surface area contributed by atoms with Crippen LogP contribution in [0, 0.1) is 0 Å². The normalized spacial score (nSPS) is 11.3. The number of hydrogen-bond donors (Lipinski definition) is 1. The molecule has 0 fully saturated rings. The Labute approximate surface area is 249 Å². The molecule has 0 heterocycles. The summed E-state index contributed by atoms with van der Waals surface area (Å²) in [7, 11) is 0. The lowest BCUT2D eigenvalue weighted by Gasteiger charge is -2.18. The zero-order valence-corrected chi connectivity index (χ0v) is 27.2. The fourth-order valence-corrected chi connectivity index (χ4v) is 5.27. The van der Waals surface area contributed by atoms with Crippen molar-refractivity contribution in [3.63, 3.8) is 0 Å². The molecule has 5 nitrogen and oxygen atoms in total. The van der Waals surface area contributed by atoms with Gasteiger partial charge in [-0.1, -0.05) is 117 Å². The SMILES string of the molecule is CCCCCCCCC(CCCCCCCC)OC(=O)CCCCCCCNCCCCCCCC(=O)OCC. The summed E-state index contributed by atoms with van der Waals surface area (Å²) in [6.07, 6.45) is 30.3. The van der Waals surface area contributed by atoms with Gasteiger partial charge in [0, 0.05) is 12.8 Å². The minimum absolute atomic E-state index is 0.0320. The molecule has 40 heavy (non-hydrogen) atoms. The van der Waals surface area contributed by atoms with Crippen molar-refractivity contribution in [1.82, 2.24) is 5.32 Å². The van der Waals surface area contributed by atoms with E-state index in [9.17, 15) is 9.59 Å². The first kappa shape index (κ1) is 38.9. The van der Waals surface area contributed by atoms with Crippen LogP contribution in [0.5, 0.6) is 0 Å². The Morgan fingerprint density at radius 3 is 1.38 bits per heavy atom. The van der Waals surface area contributed by atoms with E-state index < -0.39 is 0 Å². The largest absolute Gasteiger partial charge is 0.466 e. The first-order chi connectivity index (χ1) is 19.6. The minimum Gasteiger partial charge on any atom is -0.466 e. The van der Waals surface area contributed by atoms with Gasteiger partial charge in [-0.2, -0.15) is 0 Å². The number of rotatable bonds is 32. The first-order valence-electron chi connectivity index (χ1n) is 17.7. The van der Waals surface area contributed by atoms with Gasteiger partial charge < -0.3 is 14.8 Å². The van der Waals surface area contributed by atoms with Crippen LogP contribution >= 0.6 is 0 Å². The summed E-state index contributed by atoms with van der Waals surface area (Å²) in [5.74, 6) is -0.0279. The molecule has 1 N–H and O–H groups in total. The van der Waals surface area contributed by atoms with Crippen molar-refractivity contribution in [1.29, 1.82) is 0 Å². The summed E-state index contributed by atoms with van der Waals surface area (Å²) < 4.78 is 10.9. The van der Waals surface area contributed by atoms with Gasteiger partial charge in [0.15, 0.2) is 0 Å². The Hall–Kier alpha value is -1.10. The summed E-state index contributed by atoms with van der Waals surface area (Å²) in [4.78, 5) is 23.8. The predicted molar refractivity (Wildman–Crippen MR) is 171 cm³/mol. The third-order valence-electron chi connectivity index (χ3n) is 7.83. The maximum Gasteiger partial charge on any atom is 0.306 e. The molecule has 0 bridgehead atoms. The number of carbonyl (C=O) groups excluding carboxylic acids is 2. The molecule has 0 spiro atoms. The number of unbranched alkanes of at least 4 members (excludes halogenated alkanes) is 18. The van der Waals surface area contributed by atoms with Crippen LogP contribution in [0.1, 0.15) is 188 Å². The van der Waals surface area contributed by atoms with Gasteiger partial charge in [-0.3, -0.25) is 9.59 Å². The van der Waals surface area contributed by atoms with E-state index in [0.717, 1.165) is 51.6 Å². The van der Waals surface area contributed by atoms with Gasteiger partial charge in [0.2, 0.25) is 0 Å². The highest BCUT2D eigenvalue weighted by molar-refractivity contribution is 5.69. The van der Waals surface area contributed by atoms with Crippen molar-refractivity contribution in [2.45, 2.75) is 194 Å². The van der Waals surface area contributed by atoms with Crippen LogP contribution in [-0.2, 0) is 19.1 Å². The van der Waals surface area contributed by atoms with E-state index in [-0.39, 0.29) is 18.0 Å². The molecule has 0 aromatic heterocycles. The Kier molecular flexibility index (Phi) is 31.5. The lowest BCUT2D eigenvalue weighted by Crippen LogP contribution is -2.18. The van der Waals surface area contributed by atoms with Crippen LogP contribution in [0.2, 0.25) is 0 Å². The molecule has 0 radical (unpaired) electrons. The molecule has 0 aromatic carbocycles. The van der Waals surface area contributed by atoms with Gasteiger partial charge in [-0.25, -0.2) is 0 Å². The molecule has 0 aliphatic carbocycles. The molecule has 0 amide bonds. The zero-order valence-electron chi connectivity index (χ0n) is 27.2. The minimum atomic E-state index is -0.0599. The molecule has 0 saturated heterocycles. The number of esters is 2. The molecule has 0 aliphatic heterocycles. The summed E-state index contributed by atoms with van der Waals surface area (Å²) >= 11 is 0. The third kappa shape index (κ3) is 29.9. The number of carbonyl (C=O) groups is 2. The summed E-state index contributed by atoms with van der Waals surface area (Å²) in [5, 5.41) is 3.56. The van der Waals surface area contributed by atoms with Crippen molar-refractivity contribution >= 4 is 11.9 Å². The van der Waals surface area contributed by atoms with E-state index in [4.69, 9.17) is 9.47 Å². The number of hydrogen-bond acceptors (Lipinski definition) is 5. The average Bonchev–Trinajstić information content (AvgIpc) is 2.94. The fourth-order valence-electron chi connectivity index (χ4n) is 5.27. The van der Waals surface area contributed by atoms with E-state index in [1.807, 2.05) is 6.92 Å². The summed E-state index contributed by atoms with van der Waals surface area (Å²) in [5.41, 5.74) is 0. The molecule has 5 heteroatoms. The Morgan fingerprint density at radius 1 is 0.500 bits per heavy atom. The highest BCUT2D eigenvalue weighted by atomic mass is 16.5. The van der Waals surface area contributed by atoms with Gasteiger partial charge in [0.1, 0.15) is 6.10 Å². The van der Waals surface area contributed by atoms with Gasteiger partial charge in [0.25, 0.3) is 0 Å². The van der Waals surface area contributed by atoms with Crippen LogP contribution in [0.25, 0.3) is 0 Å². The monoisotopic (exact) mass is 568 g/mol. The van der Waals surface area contributed by atoms with E-state index in [2.05, 4.69) is 19.2 Å². The molecule has 0 aliphatic rings. The van der Waals surface area contributed by atoms with Crippen LogP contribution in [0.3, 0.4) is 0 Å². The van der Waals surface area contributed by atoms with Crippen molar-refractivity contribution in [2.75, 3.05) is 19.7 Å². The topological polar surface area (TPSA) is 64.6 Å². The smallest absolute Gasteiger partial charge is 0.306 e. The average molecular weight is 568 g/mol. The lowest BCUT2D eigenvalue weighted by molar-refractivity contribution is -0.150. The zero-order chi connectivity index (χ0) is 29.4. The molecular formula is C35H69NO4. The van der Waals surface area contributed by atoms with E-state index in [1.54, 1.807) is 0 Å². The molecule has 0 aromatic rings. The van der Waals surface area contributed by atoms with Crippen molar-refractivity contribution in [3.8, 4) is 0 Å². The Morgan fingerprint density at radius 2 is 0.900 bits per heavy atom. The quantitative estimate of drug-likeness (QED) is 0.0647. The first-order valence-corrected chi connectivity index (χ1v) is 17.7. The summed E-state index contributed by atoms with van der Waals surface area (Å²) in [6.45, 7) is 9.04. The molecule has 0 saturated carbocycles. The van der Waals surface area contributed by atoms with Gasteiger partial charge in [-0.05, 0) is 71.4 Å². The van der Waals surface area contributed by atoms with Gasteiger partial charge >= 0.3 is 11.9 Å². The molecule has 238 valence electrons. The lowest BCUT2D eigenvalue weighted by atomic mass is 10.0. The van der Waals surface area contributed by atoms with Crippen LogP contribution in [0.15, 0.2) is 0 Å². The highest BCUT2D eigenvalue weighted by Crippen LogP contribution is 2.18. The van der Waals surface area contributed by atoms with Crippen molar-refractivity contribution < 1.29 is 19.1 Å². The third-order valence-corrected chi connectivity index (χ3v) is 7.83. The highest BCUT2D eigenvalue weighted by Gasteiger charge is 2.14. The van der Waals surface area contributed by atoms with Crippen LogP contribution in [0.4, 0.5) is 0 Å². The van der Waals surface area contributed by atoms with Crippen molar-refractivity contribution in [2.24, 2.45) is 0 Å². The van der Waals surface area contributed by atoms with Gasteiger partial charge in [-0.15, -0.1) is 0 Å². The van der Waals surface area contributed by atoms with Crippen molar-refractivity contribution in [3.05, 3.63) is 0 Å². The Balaban J connectivity index is 3.74. The van der Waals surface area contributed by atoms with Crippen LogP contribution in [-0.4, -0.2) is 37.7 Å². The molecule has 0 atom stereocenters. The fraction of sp³-hybridized carbons (Fsp3) is 0.943. The second kappa shape index (κ2) is 32.4.